The van der Waals surface area contributed by atoms with Gasteiger partial charge in [-0.25, -0.2) is 0 Å². The van der Waals surface area contributed by atoms with Crippen molar-refractivity contribution in [2.24, 2.45) is 11.8 Å². The van der Waals surface area contributed by atoms with Gasteiger partial charge < -0.3 is 14.4 Å². The molecular formula is C14H18N2O4. The van der Waals surface area contributed by atoms with Gasteiger partial charge >= 0.3 is 5.97 Å². The Balaban J connectivity index is 1.81. The van der Waals surface area contributed by atoms with Crippen LogP contribution in [-0.4, -0.2) is 28.3 Å². The lowest BCUT2D eigenvalue weighted by Crippen LogP contribution is -2.23. The third-order valence-corrected chi connectivity index (χ3v) is 4.08. The zero-order chi connectivity index (χ0) is 14.1. The number of carboxylic acids is 1. The van der Waals surface area contributed by atoms with E-state index in [0.717, 1.165) is 12.8 Å². The molecule has 0 bridgehead atoms. The van der Waals surface area contributed by atoms with E-state index in [1.54, 1.807) is 7.11 Å². The first-order valence-electron chi connectivity index (χ1n) is 6.94. The summed E-state index contributed by atoms with van der Waals surface area (Å²) in [6, 6.07) is 0. The molecule has 3 unspecified atom stereocenters. The minimum atomic E-state index is -0.815. The molecule has 1 N–H and O–H groups in total. The van der Waals surface area contributed by atoms with E-state index in [4.69, 9.17) is 9.26 Å². The summed E-state index contributed by atoms with van der Waals surface area (Å²) >= 11 is 0. The van der Waals surface area contributed by atoms with E-state index in [9.17, 15) is 9.90 Å². The Labute approximate surface area is 116 Å². The van der Waals surface area contributed by atoms with Crippen LogP contribution in [0, 0.1) is 11.8 Å². The number of allylic oxidation sites excluding steroid dienone is 2. The third-order valence-electron chi connectivity index (χ3n) is 4.08. The summed E-state index contributed by atoms with van der Waals surface area (Å²) in [6.07, 6.45) is 7.11. The highest BCUT2D eigenvalue weighted by Crippen LogP contribution is 2.42. The molecule has 20 heavy (non-hydrogen) atoms. The Bertz CT molecular complexity index is 521. The molecule has 1 fully saturated rings. The number of ether oxygens (including phenoxy) is 1. The van der Waals surface area contributed by atoms with Crippen molar-refractivity contribution >= 4 is 5.97 Å². The number of aromatic nitrogens is 2. The number of hydrogen-bond acceptors (Lipinski definition) is 5. The van der Waals surface area contributed by atoms with Gasteiger partial charge in [0.2, 0.25) is 11.7 Å². The van der Waals surface area contributed by atoms with E-state index in [1.165, 1.54) is 0 Å². The molecule has 2 aliphatic carbocycles. The monoisotopic (exact) mass is 278 g/mol. The van der Waals surface area contributed by atoms with Gasteiger partial charge in [0.05, 0.1) is 11.8 Å². The van der Waals surface area contributed by atoms with E-state index in [1.807, 2.05) is 12.2 Å². The number of nitrogens with zero attached hydrogens (tertiary/aromatic N) is 2. The van der Waals surface area contributed by atoms with Crippen LogP contribution in [-0.2, 0) is 9.53 Å². The van der Waals surface area contributed by atoms with Crippen LogP contribution in [0.5, 0.6) is 0 Å². The third kappa shape index (κ3) is 2.47. The van der Waals surface area contributed by atoms with Gasteiger partial charge in [-0.2, -0.15) is 4.98 Å². The fourth-order valence-electron chi connectivity index (χ4n) is 2.78. The van der Waals surface area contributed by atoms with Crippen molar-refractivity contribution in [1.82, 2.24) is 10.1 Å². The largest absolute Gasteiger partial charge is 0.481 e. The zero-order valence-corrected chi connectivity index (χ0v) is 11.4. The predicted molar refractivity (Wildman–Crippen MR) is 69.0 cm³/mol. The van der Waals surface area contributed by atoms with Crippen LogP contribution < -0.4 is 0 Å². The lowest BCUT2D eigenvalue weighted by molar-refractivity contribution is -0.142. The van der Waals surface area contributed by atoms with Crippen molar-refractivity contribution in [3.05, 3.63) is 23.9 Å². The van der Waals surface area contributed by atoms with Crippen molar-refractivity contribution in [2.75, 3.05) is 7.11 Å². The van der Waals surface area contributed by atoms with E-state index >= 15 is 0 Å². The normalized spacial score (nSPS) is 27.4. The van der Waals surface area contributed by atoms with Gasteiger partial charge in [0.25, 0.3) is 0 Å². The number of carbonyl (C=O) groups is 1. The zero-order valence-electron chi connectivity index (χ0n) is 11.4. The van der Waals surface area contributed by atoms with Gasteiger partial charge in [-0.3, -0.25) is 4.79 Å². The second-order valence-electron chi connectivity index (χ2n) is 5.48. The molecule has 0 amide bonds. The van der Waals surface area contributed by atoms with E-state index in [0.29, 0.717) is 30.5 Å². The molecule has 108 valence electrons. The molecule has 0 radical (unpaired) electrons. The fraction of sp³-hybridized carbons (Fsp3) is 0.643. The SMILES string of the molecule is COC(c1noc(C2CC=CCC2C(=O)O)n1)C1CC1. The summed E-state index contributed by atoms with van der Waals surface area (Å²) in [5.74, 6) is -0.120. The van der Waals surface area contributed by atoms with Crippen LogP contribution in [0.15, 0.2) is 16.7 Å². The molecule has 0 aromatic carbocycles. The van der Waals surface area contributed by atoms with E-state index < -0.39 is 11.9 Å². The quantitative estimate of drug-likeness (QED) is 0.832. The summed E-state index contributed by atoms with van der Waals surface area (Å²) in [5, 5.41) is 13.3. The Morgan fingerprint density at radius 2 is 2.20 bits per heavy atom. The van der Waals surface area contributed by atoms with Crippen molar-refractivity contribution in [3.8, 4) is 0 Å². The fourth-order valence-corrected chi connectivity index (χ4v) is 2.78. The maximum absolute atomic E-state index is 11.3. The summed E-state index contributed by atoms with van der Waals surface area (Å²) in [6.45, 7) is 0. The summed E-state index contributed by atoms with van der Waals surface area (Å²) in [5.41, 5.74) is 0. The molecule has 0 aliphatic heterocycles. The van der Waals surface area contributed by atoms with Crippen LogP contribution in [0.25, 0.3) is 0 Å². The highest BCUT2D eigenvalue weighted by Gasteiger charge is 2.38. The Hall–Kier alpha value is -1.69. The first-order chi connectivity index (χ1) is 9.70. The van der Waals surface area contributed by atoms with Gasteiger partial charge in [-0.05, 0) is 31.6 Å². The molecule has 3 atom stereocenters. The Kier molecular flexibility index (Phi) is 3.56. The molecule has 6 nitrogen and oxygen atoms in total. The molecule has 2 aliphatic rings. The summed E-state index contributed by atoms with van der Waals surface area (Å²) < 4.78 is 10.7. The minimum Gasteiger partial charge on any atom is -0.481 e. The second-order valence-corrected chi connectivity index (χ2v) is 5.48. The molecule has 3 rings (SSSR count). The maximum Gasteiger partial charge on any atom is 0.307 e. The number of carboxylic acid groups (broad SMARTS) is 1. The minimum absolute atomic E-state index is 0.130. The van der Waals surface area contributed by atoms with Gasteiger partial charge in [-0.15, -0.1) is 0 Å². The summed E-state index contributed by atoms with van der Waals surface area (Å²) in [7, 11) is 1.64. The van der Waals surface area contributed by atoms with Gasteiger partial charge in [0, 0.05) is 7.11 Å². The Morgan fingerprint density at radius 3 is 2.85 bits per heavy atom. The van der Waals surface area contributed by atoms with Crippen LogP contribution in [0.1, 0.15) is 49.4 Å². The lowest BCUT2D eigenvalue weighted by atomic mass is 9.83. The first kappa shape index (κ1) is 13.3. The molecule has 0 spiro atoms. The number of rotatable bonds is 5. The first-order valence-corrected chi connectivity index (χ1v) is 6.94. The molecule has 1 aromatic heterocycles. The van der Waals surface area contributed by atoms with Crippen molar-refractivity contribution in [1.29, 1.82) is 0 Å². The maximum atomic E-state index is 11.3. The van der Waals surface area contributed by atoms with Crippen molar-refractivity contribution in [2.45, 2.75) is 37.7 Å². The van der Waals surface area contributed by atoms with Crippen molar-refractivity contribution < 1.29 is 19.2 Å². The number of hydrogen-bond donors (Lipinski definition) is 1. The molecule has 0 saturated heterocycles. The average Bonchev–Trinajstić information content (AvgIpc) is 3.17. The van der Waals surface area contributed by atoms with Crippen LogP contribution in [0.4, 0.5) is 0 Å². The molecule has 1 aromatic rings. The van der Waals surface area contributed by atoms with Crippen LogP contribution >= 0.6 is 0 Å². The van der Waals surface area contributed by atoms with Gasteiger partial charge in [-0.1, -0.05) is 17.3 Å². The standard InChI is InChI=1S/C14H18N2O4/c1-19-11(8-6-7-8)12-15-13(20-16-12)9-4-2-3-5-10(9)14(17)18/h2-3,8-11H,4-7H2,1H3,(H,17,18). The van der Waals surface area contributed by atoms with Gasteiger partial charge in [0.1, 0.15) is 6.10 Å². The van der Waals surface area contributed by atoms with Crippen LogP contribution in [0.2, 0.25) is 0 Å². The van der Waals surface area contributed by atoms with Crippen molar-refractivity contribution in [3.63, 3.8) is 0 Å². The average molecular weight is 278 g/mol. The smallest absolute Gasteiger partial charge is 0.307 e. The highest BCUT2D eigenvalue weighted by molar-refractivity contribution is 5.71. The summed E-state index contributed by atoms with van der Waals surface area (Å²) in [4.78, 5) is 15.7. The molecule has 1 saturated carbocycles. The second kappa shape index (κ2) is 5.36. The molecule has 1 heterocycles. The van der Waals surface area contributed by atoms with E-state index in [-0.39, 0.29) is 12.0 Å². The van der Waals surface area contributed by atoms with Gasteiger partial charge in [0.15, 0.2) is 0 Å². The number of aliphatic carboxylic acids is 1. The predicted octanol–water partition coefficient (Wildman–Crippen LogP) is 2.30. The molecule has 6 heteroatoms. The highest BCUT2D eigenvalue weighted by atomic mass is 16.5. The number of methoxy groups -OCH3 is 1. The molecular weight excluding hydrogens is 260 g/mol. The lowest BCUT2D eigenvalue weighted by Gasteiger charge is -2.21. The van der Waals surface area contributed by atoms with E-state index in [2.05, 4.69) is 10.1 Å². The Morgan fingerprint density at radius 1 is 1.45 bits per heavy atom. The topological polar surface area (TPSA) is 85.5 Å². The van der Waals surface area contributed by atoms with Crippen LogP contribution in [0.3, 0.4) is 0 Å².